The molecule has 2 aromatic rings. The van der Waals surface area contributed by atoms with Gasteiger partial charge in [0.25, 0.3) is 0 Å². The van der Waals surface area contributed by atoms with Gasteiger partial charge in [-0.25, -0.2) is 8.42 Å². The predicted molar refractivity (Wildman–Crippen MR) is 101 cm³/mol. The molecule has 2 heterocycles. The largest absolute Gasteiger partial charge is 0.493 e. The van der Waals surface area contributed by atoms with Gasteiger partial charge in [0.2, 0.25) is 0 Å². The van der Waals surface area contributed by atoms with Crippen LogP contribution in [0.2, 0.25) is 0 Å². The van der Waals surface area contributed by atoms with Crippen molar-refractivity contribution in [2.24, 2.45) is 0 Å². The molecule has 2 aromatic carbocycles. The number of sulfone groups is 1. The Hall–Kier alpha value is -2.06. The highest BCUT2D eigenvalue weighted by Crippen LogP contribution is 2.43. The van der Waals surface area contributed by atoms with Crippen LogP contribution >= 0.6 is 0 Å². The lowest BCUT2D eigenvalue weighted by Gasteiger charge is -2.38. The molecule has 2 aliphatic heterocycles. The zero-order valence-electron chi connectivity index (χ0n) is 15.8. The van der Waals surface area contributed by atoms with Crippen molar-refractivity contribution in [2.45, 2.75) is 48.1 Å². The lowest BCUT2D eigenvalue weighted by molar-refractivity contribution is -0.137. The minimum Gasteiger partial charge on any atom is -0.493 e. The first-order valence-corrected chi connectivity index (χ1v) is 10.9. The van der Waals surface area contributed by atoms with E-state index in [1.165, 1.54) is 6.07 Å². The van der Waals surface area contributed by atoms with Crippen LogP contribution in [-0.2, 0) is 27.2 Å². The fourth-order valence-corrected chi connectivity index (χ4v) is 5.79. The van der Waals surface area contributed by atoms with E-state index in [2.05, 4.69) is 0 Å². The molecule has 4 rings (SSSR count). The third-order valence-corrected chi connectivity index (χ3v) is 8.32. The molecule has 2 atom stereocenters. The van der Waals surface area contributed by atoms with E-state index in [1.807, 2.05) is 18.2 Å². The summed E-state index contributed by atoms with van der Waals surface area (Å²) < 4.78 is 75.9. The number of hydrogen-bond acceptors (Lipinski definition) is 4. The fourth-order valence-electron chi connectivity index (χ4n) is 3.96. The Morgan fingerprint density at radius 1 is 1.10 bits per heavy atom. The van der Waals surface area contributed by atoms with Crippen molar-refractivity contribution in [1.82, 2.24) is 0 Å². The number of benzene rings is 2. The van der Waals surface area contributed by atoms with Gasteiger partial charge >= 0.3 is 6.18 Å². The van der Waals surface area contributed by atoms with Crippen molar-refractivity contribution in [3.05, 3.63) is 59.2 Å². The van der Waals surface area contributed by atoms with Gasteiger partial charge in [-0.15, -0.1) is 0 Å². The van der Waals surface area contributed by atoms with Gasteiger partial charge < -0.3 is 9.47 Å². The van der Waals surface area contributed by atoms with Crippen molar-refractivity contribution in [3.63, 3.8) is 0 Å². The zero-order valence-corrected chi connectivity index (χ0v) is 16.6. The van der Waals surface area contributed by atoms with Crippen LogP contribution in [0.5, 0.6) is 5.75 Å². The quantitative estimate of drug-likeness (QED) is 0.713. The molecule has 0 bridgehead atoms. The Morgan fingerprint density at radius 3 is 2.66 bits per heavy atom. The average Bonchev–Trinajstić information content (AvgIpc) is 3.15. The van der Waals surface area contributed by atoms with E-state index in [9.17, 15) is 21.6 Å². The first-order chi connectivity index (χ1) is 13.6. The van der Waals surface area contributed by atoms with Crippen LogP contribution in [0.4, 0.5) is 13.2 Å². The summed E-state index contributed by atoms with van der Waals surface area (Å²) in [6, 6.07) is 9.64. The van der Waals surface area contributed by atoms with Gasteiger partial charge in [0.15, 0.2) is 9.84 Å². The maximum Gasteiger partial charge on any atom is 0.416 e. The summed E-state index contributed by atoms with van der Waals surface area (Å²) in [5.74, 6) is 0.823. The summed E-state index contributed by atoms with van der Waals surface area (Å²) in [6.45, 7) is 2.42. The van der Waals surface area contributed by atoms with Crippen molar-refractivity contribution in [1.29, 1.82) is 0 Å². The minimum atomic E-state index is -4.60. The lowest BCUT2D eigenvalue weighted by Crippen LogP contribution is -2.42. The molecule has 0 saturated carbocycles. The number of halogens is 3. The Balaban J connectivity index is 1.65. The number of ether oxygens (including phenoxy) is 2. The van der Waals surface area contributed by atoms with Crippen molar-refractivity contribution >= 4 is 9.84 Å². The van der Waals surface area contributed by atoms with Gasteiger partial charge in [-0.2, -0.15) is 13.2 Å². The van der Waals surface area contributed by atoms with Crippen LogP contribution in [0.1, 0.15) is 42.6 Å². The third-order valence-electron chi connectivity index (χ3n) is 5.77. The predicted octanol–water partition coefficient (Wildman–Crippen LogP) is 4.72. The zero-order chi connectivity index (χ0) is 20.9. The summed E-state index contributed by atoms with van der Waals surface area (Å²) in [5.41, 5.74) is 0.947. The van der Waals surface area contributed by atoms with Gasteiger partial charge in [-0.1, -0.05) is 12.1 Å². The second-order valence-corrected chi connectivity index (χ2v) is 10.2. The molecule has 1 fully saturated rings. The van der Waals surface area contributed by atoms with Crippen LogP contribution in [0.25, 0.3) is 0 Å². The highest BCUT2D eigenvalue weighted by molar-refractivity contribution is 7.92. The van der Waals surface area contributed by atoms with Crippen LogP contribution in [0.3, 0.4) is 0 Å². The van der Waals surface area contributed by atoms with Crippen LogP contribution in [0.15, 0.2) is 47.4 Å². The highest BCUT2D eigenvalue weighted by Gasteiger charge is 2.45. The van der Waals surface area contributed by atoms with Gasteiger partial charge in [0.05, 0.1) is 27.9 Å². The summed E-state index contributed by atoms with van der Waals surface area (Å²) in [5, 5.41) is 0. The number of fused-ring (bicyclic) bond motifs is 1. The highest BCUT2D eigenvalue weighted by atomic mass is 32.2. The smallest absolute Gasteiger partial charge is 0.416 e. The Labute approximate surface area is 167 Å². The van der Waals surface area contributed by atoms with E-state index < -0.39 is 32.4 Å². The lowest BCUT2D eigenvalue weighted by atomic mass is 9.91. The van der Waals surface area contributed by atoms with E-state index in [0.717, 1.165) is 41.5 Å². The topological polar surface area (TPSA) is 52.6 Å². The summed E-state index contributed by atoms with van der Waals surface area (Å²) in [6.07, 6.45) is -3.87. The van der Waals surface area contributed by atoms with Gasteiger partial charge in [0, 0.05) is 13.0 Å². The molecule has 0 amide bonds. The molecular weight excluding hydrogens is 405 g/mol. The molecule has 0 spiro atoms. The van der Waals surface area contributed by atoms with E-state index in [-0.39, 0.29) is 24.3 Å². The molecule has 156 valence electrons. The molecule has 2 unspecified atom stereocenters. The summed E-state index contributed by atoms with van der Waals surface area (Å²) in [4.78, 5) is -0.308. The van der Waals surface area contributed by atoms with Gasteiger partial charge in [-0.3, -0.25) is 0 Å². The molecule has 0 N–H and O–H groups in total. The van der Waals surface area contributed by atoms with E-state index >= 15 is 0 Å². The van der Waals surface area contributed by atoms with Crippen molar-refractivity contribution in [3.8, 4) is 5.75 Å². The monoisotopic (exact) mass is 426 g/mol. The van der Waals surface area contributed by atoms with Crippen LogP contribution < -0.4 is 4.74 Å². The molecule has 0 aromatic heterocycles. The third kappa shape index (κ3) is 3.64. The first kappa shape index (κ1) is 20.2. The van der Waals surface area contributed by atoms with E-state index in [1.54, 1.807) is 6.92 Å². The minimum absolute atomic E-state index is 0.172. The maximum atomic E-state index is 13.3. The average molecular weight is 426 g/mol. The number of hydrogen-bond donors (Lipinski definition) is 0. The summed E-state index contributed by atoms with van der Waals surface area (Å²) >= 11 is 0. The van der Waals surface area contributed by atoms with Gasteiger partial charge in [0.1, 0.15) is 5.75 Å². The standard InChI is InChI=1S/C21H21F3O4S/c1-20(29(25,26)17-4-2-3-16(12-17)21(22,23)24)8-10-28-19(13-20)14-5-6-18-15(11-14)7-9-27-18/h2-6,11-12,19H,7-10,13H2,1H3. The molecule has 29 heavy (non-hydrogen) atoms. The van der Waals surface area contributed by atoms with E-state index in [4.69, 9.17) is 9.47 Å². The maximum absolute atomic E-state index is 13.3. The molecule has 1 saturated heterocycles. The number of rotatable bonds is 3. The fraction of sp³-hybridized carbons (Fsp3) is 0.429. The number of alkyl halides is 3. The molecule has 4 nitrogen and oxygen atoms in total. The second-order valence-electron chi connectivity index (χ2n) is 7.76. The van der Waals surface area contributed by atoms with Gasteiger partial charge in [-0.05, 0) is 61.2 Å². The van der Waals surface area contributed by atoms with Crippen LogP contribution in [0, 0.1) is 0 Å². The first-order valence-electron chi connectivity index (χ1n) is 9.39. The van der Waals surface area contributed by atoms with Crippen molar-refractivity contribution < 1.29 is 31.1 Å². The van der Waals surface area contributed by atoms with Crippen molar-refractivity contribution in [2.75, 3.05) is 13.2 Å². The molecule has 0 aliphatic carbocycles. The second kappa shape index (κ2) is 7.02. The van der Waals surface area contributed by atoms with Crippen LogP contribution in [-0.4, -0.2) is 26.4 Å². The Kier molecular flexibility index (Phi) is 4.90. The Bertz CT molecular complexity index is 1030. The Morgan fingerprint density at radius 2 is 1.90 bits per heavy atom. The molecular formula is C21H21F3O4S. The molecule has 2 aliphatic rings. The molecule has 8 heteroatoms. The normalized spacial score (nSPS) is 24.8. The summed E-state index contributed by atoms with van der Waals surface area (Å²) in [7, 11) is -4.00. The van der Waals surface area contributed by atoms with E-state index in [0.29, 0.717) is 6.61 Å². The SMILES string of the molecule is CC1(S(=O)(=O)c2cccc(C(F)(F)F)c2)CCOC(c2ccc3c(c2)CCO3)C1. The molecule has 0 radical (unpaired) electrons.